The lowest BCUT2D eigenvalue weighted by molar-refractivity contribution is 0.104. The van der Waals surface area contributed by atoms with E-state index >= 15 is 0 Å². The van der Waals surface area contributed by atoms with Crippen molar-refractivity contribution in [3.8, 4) is 5.75 Å². The van der Waals surface area contributed by atoms with Crippen LogP contribution in [0.1, 0.15) is 0 Å². The third kappa shape index (κ3) is 2.59. The smallest absolute Gasteiger partial charge is 0.407 e. The van der Waals surface area contributed by atoms with Crippen molar-refractivity contribution < 1.29 is 14.3 Å². The molecular weight excluding hydrogens is 264 g/mol. The van der Waals surface area contributed by atoms with E-state index in [1.807, 2.05) is 0 Å². The van der Waals surface area contributed by atoms with Gasteiger partial charge in [-0.3, -0.25) is 0 Å². The molecule has 5 nitrogen and oxygen atoms in total. The highest BCUT2D eigenvalue weighted by molar-refractivity contribution is 9.10. The summed E-state index contributed by atoms with van der Waals surface area (Å²) in [5.41, 5.74) is 0. The summed E-state index contributed by atoms with van der Waals surface area (Å²) in [6, 6.07) is 3.57. The van der Waals surface area contributed by atoms with Crippen LogP contribution in [0.25, 0.3) is 0 Å². The number of rotatable bonds is 3. The van der Waals surface area contributed by atoms with Gasteiger partial charge in [0.25, 0.3) is 0 Å². The largest absolute Gasteiger partial charge is 0.487 e. The summed E-state index contributed by atoms with van der Waals surface area (Å²) in [6.07, 6.45) is 1.03. The molecule has 0 saturated carbocycles. The van der Waals surface area contributed by atoms with Crippen LogP contribution in [-0.2, 0) is 4.74 Å². The number of carbonyl (C=O) groups is 1. The van der Waals surface area contributed by atoms with Crippen LogP contribution in [0.5, 0.6) is 5.75 Å². The number of nitrogens with zero attached hydrogens (tertiary/aromatic N) is 1. The Bertz CT molecular complexity index is 372. The number of nitrogens with one attached hydrogen (secondary N) is 1. The molecule has 0 bridgehead atoms. The molecule has 80 valence electrons. The Morgan fingerprint density at radius 3 is 3.27 bits per heavy atom. The summed E-state index contributed by atoms with van der Waals surface area (Å²) in [7, 11) is 0. The average molecular weight is 273 g/mol. The fourth-order valence-electron chi connectivity index (χ4n) is 1.19. The van der Waals surface area contributed by atoms with E-state index in [-0.39, 0.29) is 6.10 Å². The van der Waals surface area contributed by atoms with Crippen molar-refractivity contribution in [2.24, 2.45) is 0 Å². The molecule has 1 aromatic heterocycles. The van der Waals surface area contributed by atoms with Gasteiger partial charge in [0.15, 0.2) is 11.9 Å². The summed E-state index contributed by atoms with van der Waals surface area (Å²) < 4.78 is 11.0. The van der Waals surface area contributed by atoms with Crippen molar-refractivity contribution in [1.29, 1.82) is 0 Å². The minimum atomic E-state index is -0.395. The summed E-state index contributed by atoms with van der Waals surface area (Å²) in [6.45, 7) is 0.805. The van der Waals surface area contributed by atoms with Gasteiger partial charge in [0.05, 0.1) is 6.54 Å². The van der Waals surface area contributed by atoms with Gasteiger partial charge in [-0.15, -0.1) is 0 Å². The van der Waals surface area contributed by atoms with Crippen LogP contribution in [0.2, 0.25) is 0 Å². The first-order chi connectivity index (χ1) is 7.25. The SMILES string of the molecule is O=C1NCC(COc2cccnc2Br)O1. The zero-order valence-electron chi connectivity index (χ0n) is 7.77. The molecule has 1 N–H and O–H groups in total. The Morgan fingerprint density at radius 1 is 1.73 bits per heavy atom. The highest BCUT2D eigenvalue weighted by Crippen LogP contribution is 2.21. The third-order valence-electron chi connectivity index (χ3n) is 1.90. The Kier molecular flexibility index (Phi) is 3.05. The van der Waals surface area contributed by atoms with Gasteiger partial charge < -0.3 is 14.8 Å². The van der Waals surface area contributed by atoms with Gasteiger partial charge in [-0.1, -0.05) is 0 Å². The summed E-state index contributed by atoms with van der Waals surface area (Å²) >= 11 is 3.26. The number of halogens is 1. The topological polar surface area (TPSA) is 60.5 Å². The zero-order chi connectivity index (χ0) is 10.7. The van der Waals surface area contributed by atoms with Crippen molar-refractivity contribution in [1.82, 2.24) is 10.3 Å². The maximum atomic E-state index is 10.7. The quantitative estimate of drug-likeness (QED) is 0.844. The number of amides is 1. The molecule has 15 heavy (non-hydrogen) atoms. The molecular formula is C9H9BrN2O3. The second-order valence-corrected chi connectivity index (χ2v) is 3.76. The summed E-state index contributed by atoms with van der Waals surface area (Å²) in [5, 5.41) is 2.55. The number of cyclic esters (lactones) is 1. The van der Waals surface area contributed by atoms with E-state index in [1.54, 1.807) is 18.3 Å². The van der Waals surface area contributed by atoms with Crippen molar-refractivity contribution in [3.63, 3.8) is 0 Å². The van der Waals surface area contributed by atoms with E-state index in [4.69, 9.17) is 9.47 Å². The number of pyridine rings is 1. The predicted octanol–water partition coefficient (Wildman–Crippen LogP) is 1.33. The molecule has 1 fully saturated rings. The molecule has 1 aliphatic heterocycles. The number of carbonyl (C=O) groups excluding carboxylic acids is 1. The zero-order valence-corrected chi connectivity index (χ0v) is 9.36. The van der Waals surface area contributed by atoms with Crippen molar-refractivity contribution in [3.05, 3.63) is 22.9 Å². The fourth-order valence-corrected chi connectivity index (χ4v) is 1.55. The second-order valence-electron chi connectivity index (χ2n) is 3.01. The van der Waals surface area contributed by atoms with Gasteiger partial charge in [-0.2, -0.15) is 0 Å². The first-order valence-electron chi connectivity index (χ1n) is 4.43. The third-order valence-corrected chi connectivity index (χ3v) is 2.49. The van der Waals surface area contributed by atoms with Crippen molar-refractivity contribution >= 4 is 22.0 Å². The van der Waals surface area contributed by atoms with Gasteiger partial charge in [0.1, 0.15) is 11.2 Å². The lowest BCUT2D eigenvalue weighted by Crippen LogP contribution is -2.22. The van der Waals surface area contributed by atoms with Gasteiger partial charge >= 0.3 is 6.09 Å². The molecule has 0 aliphatic carbocycles. The molecule has 2 heterocycles. The van der Waals surface area contributed by atoms with E-state index in [2.05, 4.69) is 26.2 Å². The number of alkyl carbamates (subject to hydrolysis) is 1. The van der Waals surface area contributed by atoms with Crippen molar-refractivity contribution in [2.45, 2.75) is 6.10 Å². The summed E-state index contributed by atoms with van der Waals surface area (Å²) in [4.78, 5) is 14.7. The normalized spacial score (nSPS) is 19.5. The van der Waals surface area contributed by atoms with Crippen LogP contribution in [0.4, 0.5) is 4.79 Å². The van der Waals surface area contributed by atoms with E-state index in [0.717, 1.165) is 0 Å². The standard InChI is InChI=1S/C9H9BrN2O3/c10-8-7(2-1-3-11-8)14-5-6-4-12-9(13)15-6/h1-3,6H,4-5H2,(H,12,13). The van der Waals surface area contributed by atoms with E-state index in [9.17, 15) is 4.79 Å². The van der Waals surface area contributed by atoms with Crippen LogP contribution in [0.3, 0.4) is 0 Å². The van der Waals surface area contributed by atoms with Gasteiger partial charge in [0.2, 0.25) is 0 Å². The monoisotopic (exact) mass is 272 g/mol. The van der Waals surface area contributed by atoms with Crippen LogP contribution in [0.15, 0.2) is 22.9 Å². The molecule has 1 atom stereocenters. The van der Waals surface area contributed by atoms with E-state index in [0.29, 0.717) is 23.5 Å². The van der Waals surface area contributed by atoms with Crippen molar-refractivity contribution in [2.75, 3.05) is 13.2 Å². The lowest BCUT2D eigenvalue weighted by atomic mass is 10.4. The van der Waals surface area contributed by atoms with E-state index in [1.165, 1.54) is 0 Å². The molecule has 1 aliphatic rings. The second kappa shape index (κ2) is 4.48. The molecule has 0 spiro atoms. The van der Waals surface area contributed by atoms with Gasteiger partial charge in [0, 0.05) is 6.20 Å². The van der Waals surface area contributed by atoms with Gasteiger partial charge in [-0.25, -0.2) is 9.78 Å². The molecule has 2 rings (SSSR count). The highest BCUT2D eigenvalue weighted by Gasteiger charge is 2.23. The van der Waals surface area contributed by atoms with Crippen LogP contribution < -0.4 is 10.1 Å². The maximum Gasteiger partial charge on any atom is 0.407 e. The highest BCUT2D eigenvalue weighted by atomic mass is 79.9. The molecule has 0 aromatic carbocycles. The first kappa shape index (κ1) is 10.2. The van der Waals surface area contributed by atoms with Crippen LogP contribution in [-0.4, -0.2) is 30.3 Å². The maximum absolute atomic E-state index is 10.7. The molecule has 0 radical (unpaired) electrons. The number of aromatic nitrogens is 1. The van der Waals surface area contributed by atoms with Crippen LogP contribution >= 0.6 is 15.9 Å². The Morgan fingerprint density at radius 2 is 2.60 bits per heavy atom. The van der Waals surface area contributed by atoms with Crippen LogP contribution in [0, 0.1) is 0 Å². The fraction of sp³-hybridized carbons (Fsp3) is 0.333. The Labute approximate surface area is 94.9 Å². The van der Waals surface area contributed by atoms with E-state index < -0.39 is 6.09 Å². The number of ether oxygens (including phenoxy) is 2. The minimum absolute atomic E-state index is 0.232. The molecule has 1 unspecified atom stereocenters. The lowest BCUT2D eigenvalue weighted by Gasteiger charge is -2.10. The summed E-state index contributed by atoms with van der Waals surface area (Å²) in [5.74, 6) is 0.639. The molecule has 1 saturated heterocycles. The Hall–Kier alpha value is -1.30. The number of hydrogen-bond donors (Lipinski definition) is 1. The van der Waals surface area contributed by atoms with Gasteiger partial charge in [-0.05, 0) is 28.1 Å². The first-order valence-corrected chi connectivity index (χ1v) is 5.23. The number of hydrogen-bond acceptors (Lipinski definition) is 4. The Balaban J connectivity index is 1.88. The molecule has 6 heteroatoms. The minimum Gasteiger partial charge on any atom is -0.487 e. The molecule has 1 aromatic rings. The predicted molar refractivity (Wildman–Crippen MR) is 55.7 cm³/mol. The molecule has 1 amide bonds. The average Bonchev–Trinajstić information content (AvgIpc) is 2.63.